The van der Waals surface area contributed by atoms with E-state index in [1.54, 1.807) is 11.3 Å². The summed E-state index contributed by atoms with van der Waals surface area (Å²) in [5, 5.41) is 7.72. The first kappa shape index (κ1) is 10.1. The minimum atomic E-state index is 0.417. The predicted octanol–water partition coefficient (Wildman–Crippen LogP) is 2.06. The van der Waals surface area contributed by atoms with Crippen LogP contribution in [0.15, 0.2) is 16.8 Å². The molecule has 0 aromatic carbocycles. The van der Waals surface area contributed by atoms with Gasteiger partial charge in [0, 0.05) is 12.6 Å². The summed E-state index contributed by atoms with van der Waals surface area (Å²) >= 11 is 1.77. The normalized spacial score (nSPS) is 23.9. The number of thiophene rings is 1. The van der Waals surface area contributed by atoms with Crippen LogP contribution in [0.25, 0.3) is 0 Å². The van der Waals surface area contributed by atoms with Crippen molar-refractivity contribution in [2.45, 2.75) is 31.4 Å². The largest absolute Gasteiger partial charge is 0.377 e. The van der Waals surface area contributed by atoms with E-state index >= 15 is 0 Å². The quantitative estimate of drug-likeness (QED) is 0.823. The number of rotatable bonds is 4. The topological polar surface area (TPSA) is 21.3 Å². The van der Waals surface area contributed by atoms with Gasteiger partial charge in [-0.15, -0.1) is 0 Å². The van der Waals surface area contributed by atoms with Gasteiger partial charge in [-0.2, -0.15) is 11.3 Å². The molecule has 2 heterocycles. The molecule has 1 aliphatic rings. The maximum absolute atomic E-state index is 5.70. The van der Waals surface area contributed by atoms with Gasteiger partial charge in [-0.05, 0) is 48.7 Å². The lowest BCUT2D eigenvalue weighted by Gasteiger charge is -2.21. The molecule has 0 bridgehead atoms. The van der Waals surface area contributed by atoms with Gasteiger partial charge in [-0.1, -0.05) is 0 Å². The van der Waals surface area contributed by atoms with E-state index < -0.39 is 0 Å². The molecule has 1 aromatic rings. The molecule has 1 N–H and O–H groups in total. The van der Waals surface area contributed by atoms with Crippen LogP contribution in [0.1, 0.15) is 18.4 Å². The third kappa shape index (κ3) is 2.35. The van der Waals surface area contributed by atoms with Crippen LogP contribution in [0.2, 0.25) is 0 Å². The third-order valence-corrected chi connectivity index (χ3v) is 3.55. The highest BCUT2D eigenvalue weighted by Crippen LogP contribution is 2.19. The van der Waals surface area contributed by atoms with E-state index in [9.17, 15) is 0 Å². The Labute approximate surface area is 89.3 Å². The summed E-state index contributed by atoms with van der Waals surface area (Å²) in [6, 6.07) is 2.68. The van der Waals surface area contributed by atoms with Crippen molar-refractivity contribution >= 4 is 11.3 Å². The Kier molecular flexibility index (Phi) is 3.56. The summed E-state index contributed by atoms with van der Waals surface area (Å²) in [6.45, 7) is 0.937. The molecule has 3 heteroatoms. The second-order valence-corrected chi connectivity index (χ2v) is 4.56. The second-order valence-electron chi connectivity index (χ2n) is 3.78. The first-order valence-electron chi connectivity index (χ1n) is 5.20. The van der Waals surface area contributed by atoms with E-state index in [0.29, 0.717) is 12.1 Å². The molecule has 1 fully saturated rings. The molecule has 1 aliphatic heterocycles. The molecular formula is C11H17NOS. The lowest BCUT2D eigenvalue weighted by molar-refractivity contribution is 0.0809. The van der Waals surface area contributed by atoms with Crippen LogP contribution >= 0.6 is 11.3 Å². The molecule has 0 saturated carbocycles. The number of likely N-dealkylation sites (N-methyl/N-ethyl adjacent to an activating group) is 1. The zero-order valence-corrected chi connectivity index (χ0v) is 9.35. The fraction of sp³-hybridized carbons (Fsp3) is 0.636. The first-order chi connectivity index (χ1) is 6.90. The van der Waals surface area contributed by atoms with Crippen LogP contribution in [0.4, 0.5) is 0 Å². The molecule has 0 spiro atoms. The Morgan fingerprint density at radius 3 is 3.21 bits per heavy atom. The van der Waals surface area contributed by atoms with Crippen LogP contribution < -0.4 is 5.32 Å². The monoisotopic (exact) mass is 211 g/mol. The molecule has 2 nitrogen and oxygen atoms in total. The third-order valence-electron chi connectivity index (χ3n) is 2.82. The van der Waals surface area contributed by atoms with Crippen molar-refractivity contribution in [3.63, 3.8) is 0 Å². The van der Waals surface area contributed by atoms with Gasteiger partial charge in [0.1, 0.15) is 0 Å². The Balaban J connectivity index is 1.92. The Morgan fingerprint density at radius 1 is 1.71 bits per heavy atom. The van der Waals surface area contributed by atoms with Crippen molar-refractivity contribution in [3.8, 4) is 0 Å². The van der Waals surface area contributed by atoms with Gasteiger partial charge in [0.2, 0.25) is 0 Å². The van der Waals surface area contributed by atoms with Crippen LogP contribution in [-0.2, 0) is 11.2 Å². The molecule has 78 valence electrons. The maximum Gasteiger partial charge on any atom is 0.0732 e. The highest BCUT2D eigenvalue weighted by molar-refractivity contribution is 7.07. The number of hydrogen-bond acceptors (Lipinski definition) is 3. The summed E-state index contributed by atoms with van der Waals surface area (Å²) in [4.78, 5) is 0. The highest BCUT2D eigenvalue weighted by Gasteiger charge is 2.24. The first-order valence-corrected chi connectivity index (χ1v) is 6.14. The van der Waals surface area contributed by atoms with Gasteiger partial charge in [0.05, 0.1) is 6.10 Å². The van der Waals surface area contributed by atoms with E-state index in [-0.39, 0.29) is 0 Å². The van der Waals surface area contributed by atoms with Crippen LogP contribution in [0, 0.1) is 0 Å². The Morgan fingerprint density at radius 2 is 2.64 bits per heavy atom. The second kappa shape index (κ2) is 4.91. The molecule has 0 aliphatic carbocycles. The highest BCUT2D eigenvalue weighted by atomic mass is 32.1. The van der Waals surface area contributed by atoms with Gasteiger partial charge in [-0.25, -0.2) is 0 Å². The standard InChI is InChI=1S/C11H17NOS/c1-12-10(11-3-2-5-13-11)7-9-4-6-14-8-9/h4,6,8,10-12H,2-3,5,7H2,1H3. The van der Waals surface area contributed by atoms with Gasteiger partial charge in [0.15, 0.2) is 0 Å². The minimum Gasteiger partial charge on any atom is -0.377 e. The van der Waals surface area contributed by atoms with Gasteiger partial charge in [-0.3, -0.25) is 0 Å². The molecule has 1 saturated heterocycles. The van der Waals surface area contributed by atoms with Crippen molar-refractivity contribution in [1.29, 1.82) is 0 Å². The van der Waals surface area contributed by atoms with Crippen molar-refractivity contribution in [3.05, 3.63) is 22.4 Å². The number of hydrogen-bond donors (Lipinski definition) is 1. The van der Waals surface area contributed by atoms with Crippen LogP contribution in [0.5, 0.6) is 0 Å². The van der Waals surface area contributed by atoms with E-state index in [0.717, 1.165) is 13.0 Å². The fourth-order valence-electron chi connectivity index (χ4n) is 2.00. The molecule has 0 amide bonds. The average Bonchev–Trinajstić information content (AvgIpc) is 2.86. The number of ether oxygens (including phenoxy) is 1. The van der Waals surface area contributed by atoms with Crippen LogP contribution in [-0.4, -0.2) is 25.8 Å². The fourth-order valence-corrected chi connectivity index (χ4v) is 2.68. The van der Waals surface area contributed by atoms with E-state index in [1.165, 1.54) is 18.4 Å². The summed E-state index contributed by atoms with van der Waals surface area (Å²) in [5.41, 5.74) is 1.42. The molecule has 0 radical (unpaired) electrons. The summed E-state index contributed by atoms with van der Waals surface area (Å²) in [7, 11) is 2.03. The Hall–Kier alpha value is -0.380. The van der Waals surface area contributed by atoms with Crippen molar-refractivity contribution < 1.29 is 4.74 Å². The summed E-state index contributed by atoms with van der Waals surface area (Å²) in [6.07, 6.45) is 3.92. The lowest BCUT2D eigenvalue weighted by atomic mass is 10.0. The van der Waals surface area contributed by atoms with E-state index in [4.69, 9.17) is 4.74 Å². The van der Waals surface area contributed by atoms with Crippen molar-refractivity contribution in [2.75, 3.05) is 13.7 Å². The minimum absolute atomic E-state index is 0.417. The summed E-state index contributed by atoms with van der Waals surface area (Å²) in [5.74, 6) is 0. The maximum atomic E-state index is 5.70. The predicted molar refractivity (Wildman–Crippen MR) is 59.8 cm³/mol. The number of nitrogens with one attached hydrogen (secondary N) is 1. The van der Waals surface area contributed by atoms with E-state index in [2.05, 4.69) is 22.1 Å². The SMILES string of the molecule is CNC(Cc1ccsc1)C1CCCO1. The van der Waals surface area contributed by atoms with E-state index in [1.807, 2.05) is 7.05 Å². The van der Waals surface area contributed by atoms with Crippen molar-refractivity contribution in [2.24, 2.45) is 0 Å². The van der Waals surface area contributed by atoms with Gasteiger partial charge in [0.25, 0.3) is 0 Å². The lowest BCUT2D eigenvalue weighted by Crippen LogP contribution is -2.38. The molecule has 2 unspecified atom stereocenters. The van der Waals surface area contributed by atoms with Gasteiger partial charge >= 0.3 is 0 Å². The van der Waals surface area contributed by atoms with Gasteiger partial charge < -0.3 is 10.1 Å². The molecule has 1 aromatic heterocycles. The molecular weight excluding hydrogens is 194 g/mol. The summed E-state index contributed by atoms with van der Waals surface area (Å²) < 4.78 is 5.70. The average molecular weight is 211 g/mol. The van der Waals surface area contributed by atoms with Crippen LogP contribution in [0.3, 0.4) is 0 Å². The molecule has 2 atom stereocenters. The molecule has 2 rings (SSSR count). The molecule has 14 heavy (non-hydrogen) atoms. The smallest absolute Gasteiger partial charge is 0.0732 e. The zero-order valence-electron chi connectivity index (χ0n) is 8.53. The zero-order chi connectivity index (χ0) is 9.80. The van der Waals surface area contributed by atoms with Crippen molar-refractivity contribution in [1.82, 2.24) is 5.32 Å². The Bertz CT molecular complexity index is 254.